The zero-order chi connectivity index (χ0) is 21.1. The molecule has 2 heterocycles. The van der Waals surface area contributed by atoms with Crippen LogP contribution in [-0.4, -0.2) is 55.5 Å². The number of imide groups is 1. The van der Waals surface area contributed by atoms with Gasteiger partial charge in [0.1, 0.15) is 0 Å². The summed E-state index contributed by atoms with van der Waals surface area (Å²) >= 11 is 6.40. The van der Waals surface area contributed by atoms with Gasteiger partial charge in [0.25, 0.3) is 11.8 Å². The fourth-order valence-corrected chi connectivity index (χ4v) is 4.07. The van der Waals surface area contributed by atoms with Crippen LogP contribution < -0.4 is 10.2 Å². The van der Waals surface area contributed by atoms with E-state index >= 15 is 0 Å². The van der Waals surface area contributed by atoms with Gasteiger partial charge >= 0.3 is 0 Å². The predicted molar refractivity (Wildman–Crippen MR) is 114 cm³/mol. The molecule has 0 aromatic heterocycles. The number of halogens is 1. The minimum atomic E-state index is -0.305. The fraction of sp³-hybridized carbons (Fsp3) is 0.318. The zero-order valence-electron chi connectivity index (χ0n) is 16.4. The first-order valence-electron chi connectivity index (χ1n) is 9.92. The van der Waals surface area contributed by atoms with Gasteiger partial charge in [-0.3, -0.25) is 19.3 Å². The first-order chi connectivity index (χ1) is 14.6. The largest absolute Gasteiger partial charge is 0.378 e. The van der Waals surface area contributed by atoms with Crippen molar-refractivity contribution in [1.82, 2.24) is 4.90 Å². The number of amides is 3. The first-order valence-corrected chi connectivity index (χ1v) is 10.3. The van der Waals surface area contributed by atoms with Gasteiger partial charge in [0.15, 0.2) is 0 Å². The normalized spacial score (nSPS) is 16.0. The highest BCUT2D eigenvalue weighted by atomic mass is 35.5. The number of hydrogen-bond acceptors (Lipinski definition) is 5. The molecule has 0 bridgehead atoms. The van der Waals surface area contributed by atoms with Crippen LogP contribution in [0.4, 0.5) is 11.4 Å². The lowest BCUT2D eigenvalue weighted by Crippen LogP contribution is -2.37. The number of morpholine rings is 1. The number of carbonyl (C=O) groups is 3. The average molecular weight is 428 g/mol. The average Bonchev–Trinajstić information content (AvgIpc) is 3.00. The first kappa shape index (κ1) is 20.4. The minimum absolute atomic E-state index is 0.183. The molecular formula is C22H22ClN3O4. The number of anilines is 2. The van der Waals surface area contributed by atoms with Crippen molar-refractivity contribution in [3.05, 3.63) is 58.6 Å². The number of para-hydroxylation sites is 1. The van der Waals surface area contributed by atoms with Gasteiger partial charge in [0, 0.05) is 26.1 Å². The Hall–Kier alpha value is -2.90. The third kappa shape index (κ3) is 4.04. The monoisotopic (exact) mass is 427 g/mol. The molecule has 2 aromatic rings. The third-order valence-corrected chi connectivity index (χ3v) is 5.56. The summed E-state index contributed by atoms with van der Waals surface area (Å²) in [4.78, 5) is 40.6. The maximum Gasteiger partial charge on any atom is 0.261 e. The molecule has 1 fully saturated rings. The topological polar surface area (TPSA) is 79.0 Å². The standard InChI is InChI=1S/C22H22ClN3O4/c23-17-7-3-8-18(20(17)25-11-13-30-14-12-25)24-19(27)9-4-10-26-21(28)15-5-1-2-6-16(15)22(26)29/h1-3,5-8H,4,9-14H2,(H,24,27). The molecule has 2 aliphatic rings. The lowest BCUT2D eigenvalue weighted by Gasteiger charge is -2.31. The van der Waals surface area contributed by atoms with Crippen LogP contribution in [0.2, 0.25) is 5.02 Å². The van der Waals surface area contributed by atoms with Gasteiger partial charge in [-0.1, -0.05) is 29.8 Å². The Morgan fingerprint density at radius 1 is 1.00 bits per heavy atom. The number of benzene rings is 2. The summed E-state index contributed by atoms with van der Waals surface area (Å²) in [6.07, 6.45) is 0.563. The van der Waals surface area contributed by atoms with Crippen molar-refractivity contribution >= 4 is 40.7 Å². The second-order valence-corrected chi connectivity index (χ2v) is 7.60. The van der Waals surface area contributed by atoms with E-state index in [1.807, 2.05) is 6.07 Å². The molecule has 156 valence electrons. The van der Waals surface area contributed by atoms with Gasteiger partial charge in [-0.15, -0.1) is 0 Å². The van der Waals surface area contributed by atoms with Gasteiger partial charge in [0.05, 0.1) is 40.7 Å². The molecule has 4 rings (SSSR count). The SMILES string of the molecule is O=C(CCCN1C(=O)c2ccccc2C1=O)Nc1cccc(Cl)c1N1CCOCC1. The van der Waals surface area contributed by atoms with Crippen LogP contribution in [0.15, 0.2) is 42.5 Å². The van der Waals surface area contributed by atoms with E-state index in [0.29, 0.717) is 54.6 Å². The summed E-state index contributed by atoms with van der Waals surface area (Å²) in [7, 11) is 0. The maximum absolute atomic E-state index is 12.5. The Balaban J connectivity index is 1.36. The van der Waals surface area contributed by atoms with Crippen molar-refractivity contribution in [2.24, 2.45) is 0 Å². The fourth-order valence-electron chi connectivity index (χ4n) is 3.78. The third-order valence-electron chi connectivity index (χ3n) is 5.25. The van der Waals surface area contributed by atoms with Crippen LogP contribution in [0.5, 0.6) is 0 Å². The summed E-state index contributed by atoms with van der Waals surface area (Å²) < 4.78 is 5.39. The molecule has 0 spiro atoms. The lowest BCUT2D eigenvalue weighted by molar-refractivity contribution is -0.116. The number of ether oxygens (including phenoxy) is 1. The molecule has 0 unspecified atom stereocenters. The van der Waals surface area contributed by atoms with Crippen molar-refractivity contribution in [1.29, 1.82) is 0 Å². The van der Waals surface area contributed by atoms with E-state index in [4.69, 9.17) is 16.3 Å². The summed E-state index contributed by atoms with van der Waals surface area (Å²) in [5.74, 6) is -0.802. The van der Waals surface area contributed by atoms with E-state index in [2.05, 4.69) is 10.2 Å². The second-order valence-electron chi connectivity index (χ2n) is 7.19. The van der Waals surface area contributed by atoms with Gasteiger partial charge in [-0.05, 0) is 30.7 Å². The highest BCUT2D eigenvalue weighted by molar-refractivity contribution is 6.34. The van der Waals surface area contributed by atoms with E-state index in [-0.39, 0.29) is 30.7 Å². The van der Waals surface area contributed by atoms with Crippen molar-refractivity contribution < 1.29 is 19.1 Å². The van der Waals surface area contributed by atoms with Crippen LogP contribution in [0.25, 0.3) is 0 Å². The molecule has 0 saturated carbocycles. The van der Waals surface area contributed by atoms with Crippen molar-refractivity contribution in [3.8, 4) is 0 Å². The van der Waals surface area contributed by atoms with Crippen LogP contribution in [0.1, 0.15) is 33.6 Å². The molecule has 1 saturated heterocycles. The van der Waals surface area contributed by atoms with E-state index in [9.17, 15) is 14.4 Å². The molecule has 30 heavy (non-hydrogen) atoms. The van der Waals surface area contributed by atoms with Gasteiger partial charge in [0.2, 0.25) is 5.91 Å². The minimum Gasteiger partial charge on any atom is -0.378 e. The van der Waals surface area contributed by atoms with E-state index in [1.54, 1.807) is 36.4 Å². The zero-order valence-corrected chi connectivity index (χ0v) is 17.2. The summed E-state index contributed by atoms with van der Waals surface area (Å²) in [6, 6.07) is 12.2. The Morgan fingerprint density at radius 2 is 1.67 bits per heavy atom. The van der Waals surface area contributed by atoms with Crippen molar-refractivity contribution in [2.45, 2.75) is 12.8 Å². The Labute approximate surface area is 179 Å². The van der Waals surface area contributed by atoms with Crippen LogP contribution in [0, 0.1) is 0 Å². The predicted octanol–water partition coefficient (Wildman–Crippen LogP) is 3.19. The molecule has 1 N–H and O–H groups in total. The van der Waals surface area contributed by atoms with Crippen LogP contribution >= 0.6 is 11.6 Å². The molecule has 7 nitrogen and oxygen atoms in total. The molecular weight excluding hydrogens is 406 g/mol. The molecule has 3 amide bonds. The number of nitrogens with one attached hydrogen (secondary N) is 1. The molecule has 0 aliphatic carbocycles. The molecule has 2 aromatic carbocycles. The smallest absolute Gasteiger partial charge is 0.261 e. The van der Waals surface area contributed by atoms with Crippen molar-refractivity contribution in [2.75, 3.05) is 43.1 Å². The van der Waals surface area contributed by atoms with Gasteiger partial charge in [-0.2, -0.15) is 0 Å². The Kier molecular flexibility index (Phi) is 6.01. The number of nitrogens with zero attached hydrogens (tertiary/aromatic N) is 2. The number of carbonyl (C=O) groups excluding carboxylic acids is 3. The Bertz CT molecular complexity index is 953. The number of hydrogen-bond donors (Lipinski definition) is 1. The molecule has 8 heteroatoms. The van der Waals surface area contributed by atoms with E-state index < -0.39 is 0 Å². The number of rotatable bonds is 6. The highest BCUT2D eigenvalue weighted by Gasteiger charge is 2.34. The molecule has 2 aliphatic heterocycles. The summed E-state index contributed by atoms with van der Waals surface area (Å²) in [5.41, 5.74) is 2.27. The summed E-state index contributed by atoms with van der Waals surface area (Å²) in [5, 5.41) is 3.49. The van der Waals surface area contributed by atoms with Gasteiger partial charge < -0.3 is 15.0 Å². The molecule has 0 radical (unpaired) electrons. The lowest BCUT2D eigenvalue weighted by atomic mass is 10.1. The second kappa shape index (κ2) is 8.85. The van der Waals surface area contributed by atoms with E-state index in [0.717, 1.165) is 5.69 Å². The van der Waals surface area contributed by atoms with Crippen LogP contribution in [0.3, 0.4) is 0 Å². The van der Waals surface area contributed by atoms with E-state index in [1.165, 1.54) is 4.90 Å². The number of fused-ring (bicyclic) bond motifs is 1. The Morgan fingerprint density at radius 3 is 2.33 bits per heavy atom. The maximum atomic E-state index is 12.5. The van der Waals surface area contributed by atoms with Crippen LogP contribution in [-0.2, 0) is 9.53 Å². The molecule has 0 atom stereocenters. The quantitative estimate of drug-likeness (QED) is 0.716. The summed E-state index contributed by atoms with van der Waals surface area (Å²) in [6.45, 7) is 2.82. The van der Waals surface area contributed by atoms with Crippen molar-refractivity contribution in [3.63, 3.8) is 0 Å². The highest BCUT2D eigenvalue weighted by Crippen LogP contribution is 2.34. The van der Waals surface area contributed by atoms with Gasteiger partial charge in [-0.25, -0.2) is 0 Å².